The van der Waals surface area contributed by atoms with Gasteiger partial charge in [-0.05, 0) is 31.2 Å². The number of nitrogens with one attached hydrogen (secondary N) is 1. The fraction of sp³-hybridized carbons (Fsp3) is 0.188. The zero-order chi connectivity index (χ0) is 15.2. The summed E-state index contributed by atoms with van der Waals surface area (Å²) in [7, 11) is 0. The molecule has 0 aliphatic carbocycles. The maximum absolute atomic E-state index is 11.2. The number of nitrogens with two attached hydrogens (primary N) is 1. The standard InChI is InChI=1S/C16H18N2O3/c1-3-20-16-10-12(8-9-13(16)17)21-15-7-5-4-6-14(15)18-11(2)19/h4-10H,3,17H2,1-2H3,(H,18,19). The Bertz CT molecular complexity index is 641. The van der Waals surface area contributed by atoms with Crippen molar-refractivity contribution in [1.82, 2.24) is 0 Å². The van der Waals surface area contributed by atoms with Crippen molar-refractivity contribution >= 4 is 17.3 Å². The molecular formula is C16H18N2O3. The van der Waals surface area contributed by atoms with Gasteiger partial charge in [0, 0.05) is 13.0 Å². The number of amides is 1. The normalized spacial score (nSPS) is 10.0. The van der Waals surface area contributed by atoms with Crippen LogP contribution in [0, 0.1) is 0 Å². The zero-order valence-corrected chi connectivity index (χ0v) is 12.1. The van der Waals surface area contributed by atoms with Gasteiger partial charge in [0.1, 0.15) is 11.5 Å². The molecule has 0 heterocycles. The first-order chi connectivity index (χ1) is 10.1. The SMILES string of the molecule is CCOc1cc(Oc2ccccc2NC(C)=O)ccc1N. The second-order valence-electron chi connectivity index (χ2n) is 4.41. The molecule has 21 heavy (non-hydrogen) atoms. The fourth-order valence-electron chi connectivity index (χ4n) is 1.83. The van der Waals surface area contributed by atoms with Crippen molar-refractivity contribution in [3.05, 3.63) is 42.5 Å². The molecule has 0 radical (unpaired) electrons. The molecule has 0 atom stereocenters. The Labute approximate surface area is 123 Å². The highest BCUT2D eigenvalue weighted by Crippen LogP contribution is 2.33. The third-order valence-corrected chi connectivity index (χ3v) is 2.71. The van der Waals surface area contributed by atoms with E-state index in [9.17, 15) is 4.79 Å². The van der Waals surface area contributed by atoms with E-state index >= 15 is 0 Å². The first kappa shape index (κ1) is 14.7. The van der Waals surface area contributed by atoms with Gasteiger partial charge in [-0.2, -0.15) is 0 Å². The predicted molar refractivity (Wildman–Crippen MR) is 82.8 cm³/mol. The third kappa shape index (κ3) is 3.89. The first-order valence-corrected chi connectivity index (χ1v) is 6.67. The minimum atomic E-state index is -0.154. The van der Waals surface area contributed by atoms with Crippen molar-refractivity contribution in [2.45, 2.75) is 13.8 Å². The molecule has 5 nitrogen and oxygen atoms in total. The van der Waals surface area contributed by atoms with Crippen LogP contribution in [0.15, 0.2) is 42.5 Å². The van der Waals surface area contributed by atoms with Crippen LogP contribution < -0.4 is 20.5 Å². The first-order valence-electron chi connectivity index (χ1n) is 6.67. The maximum atomic E-state index is 11.2. The predicted octanol–water partition coefficient (Wildman–Crippen LogP) is 3.42. The van der Waals surface area contributed by atoms with E-state index in [1.165, 1.54) is 6.92 Å². The van der Waals surface area contributed by atoms with E-state index in [4.69, 9.17) is 15.2 Å². The van der Waals surface area contributed by atoms with Crippen LogP contribution >= 0.6 is 0 Å². The van der Waals surface area contributed by atoms with Gasteiger partial charge in [0.2, 0.25) is 5.91 Å². The third-order valence-electron chi connectivity index (χ3n) is 2.71. The largest absolute Gasteiger partial charge is 0.492 e. The van der Waals surface area contributed by atoms with Gasteiger partial charge in [-0.3, -0.25) is 4.79 Å². The maximum Gasteiger partial charge on any atom is 0.221 e. The Hall–Kier alpha value is -2.69. The smallest absolute Gasteiger partial charge is 0.221 e. The van der Waals surface area contributed by atoms with E-state index in [1.54, 1.807) is 30.3 Å². The van der Waals surface area contributed by atoms with Gasteiger partial charge < -0.3 is 20.5 Å². The molecule has 2 aromatic rings. The van der Waals surface area contributed by atoms with Crippen LogP contribution in [-0.4, -0.2) is 12.5 Å². The van der Waals surface area contributed by atoms with Crippen LogP contribution in [0.3, 0.4) is 0 Å². The molecule has 0 spiro atoms. The van der Waals surface area contributed by atoms with Crippen LogP contribution in [0.2, 0.25) is 0 Å². The van der Waals surface area contributed by atoms with Crippen LogP contribution in [0.5, 0.6) is 17.2 Å². The summed E-state index contributed by atoms with van der Waals surface area (Å²) in [4.78, 5) is 11.2. The van der Waals surface area contributed by atoms with E-state index in [2.05, 4.69) is 5.32 Å². The second-order valence-corrected chi connectivity index (χ2v) is 4.41. The molecule has 0 saturated heterocycles. The van der Waals surface area contributed by atoms with Crippen molar-refractivity contribution in [3.63, 3.8) is 0 Å². The topological polar surface area (TPSA) is 73.6 Å². The molecule has 0 saturated carbocycles. The van der Waals surface area contributed by atoms with Crippen molar-refractivity contribution in [2.75, 3.05) is 17.7 Å². The number of carbonyl (C=O) groups excluding carboxylic acids is 1. The van der Waals surface area contributed by atoms with Gasteiger partial charge in [0.15, 0.2) is 5.75 Å². The fourth-order valence-corrected chi connectivity index (χ4v) is 1.83. The Morgan fingerprint density at radius 2 is 1.95 bits per heavy atom. The zero-order valence-electron chi connectivity index (χ0n) is 12.1. The molecule has 5 heteroatoms. The molecule has 0 unspecified atom stereocenters. The highest BCUT2D eigenvalue weighted by atomic mass is 16.5. The summed E-state index contributed by atoms with van der Waals surface area (Å²) in [5.74, 6) is 1.57. The number of benzene rings is 2. The van der Waals surface area contributed by atoms with Gasteiger partial charge in [-0.15, -0.1) is 0 Å². The Balaban J connectivity index is 2.26. The Kier molecular flexibility index (Phi) is 4.66. The van der Waals surface area contributed by atoms with E-state index in [1.807, 2.05) is 19.1 Å². The number of ether oxygens (including phenoxy) is 2. The summed E-state index contributed by atoms with van der Waals surface area (Å²) in [5.41, 5.74) is 6.99. The molecule has 0 aliphatic rings. The molecule has 3 N–H and O–H groups in total. The molecule has 0 fully saturated rings. The number of para-hydroxylation sites is 2. The van der Waals surface area contributed by atoms with Crippen molar-refractivity contribution in [1.29, 1.82) is 0 Å². The second kappa shape index (κ2) is 6.65. The number of nitrogen functional groups attached to an aromatic ring is 1. The lowest BCUT2D eigenvalue weighted by atomic mass is 10.2. The quantitative estimate of drug-likeness (QED) is 0.826. The van der Waals surface area contributed by atoms with Crippen molar-refractivity contribution in [3.8, 4) is 17.2 Å². The number of rotatable bonds is 5. The van der Waals surface area contributed by atoms with Gasteiger partial charge in [-0.25, -0.2) is 0 Å². The van der Waals surface area contributed by atoms with Gasteiger partial charge in [-0.1, -0.05) is 12.1 Å². The number of carbonyl (C=O) groups is 1. The number of anilines is 2. The summed E-state index contributed by atoms with van der Waals surface area (Å²) in [5, 5.41) is 2.72. The molecule has 0 aromatic heterocycles. The van der Waals surface area contributed by atoms with Gasteiger partial charge in [0.05, 0.1) is 18.0 Å². The van der Waals surface area contributed by atoms with Crippen LogP contribution in [0.4, 0.5) is 11.4 Å². The highest BCUT2D eigenvalue weighted by molar-refractivity contribution is 5.90. The lowest BCUT2D eigenvalue weighted by Crippen LogP contribution is -2.06. The average Bonchev–Trinajstić information content (AvgIpc) is 2.44. The molecule has 0 bridgehead atoms. The Morgan fingerprint density at radius 1 is 1.19 bits per heavy atom. The molecule has 2 aromatic carbocycles. The summed E-state index contributed by atoms with van der Waals surface area (Å²) < 4.78 is 11.2. The lowest BCUT2D eigenvalue weighted by Gasteiger charge is -2.13. The van der Waals surface area contributed by atoms with E-state index in [-0.39, 0.29) is 5.91 Å². The monoisotopic (exact) mass is 286 g/mol. The average molecular weight is 286 g/mol. The van der Waals surface area contributed by atoms with Gasteiger partial charge >= 0.3 is 0 Å². The molecule has 1 amide bonds. The van der Waals surface area contributed by atoms with E-state index < -0.39 is 0 Å². The lowest BCUT2D eigenvalue weighted by molar-refractivity contribution is -0.114. The van der Waals surface area contributed by atoms with Gasteiger partial charge in [0.25, 0.3) is 0 Å². The van der Waals surface area contributed by atoms with E-state index in [0.717, 1.165) is 0 Å². The summed E-state index contributed by atoms with van der Waals surface area (Å²) in [6, 6.07) is 12.4. The molecular weight excluding hydrogens is 268 g/mol. The van der Waals surface area contributed by atoms with Crippen LogP contribution in [-0.2, 0) is 4.79 Å². The van der Waals surface area contributed by atoms with Crippen molar-refractivity contribution in [2.24, 2.45) is 0 Å². The minimum absolute atomic E-state index is 0.154. The minimum Gasteiger partial charge on any atom is -0.492 e. The number of hydrogen-bond acceptors (Lipinski definition) is 4. The van der Waals surface area contributed by atoms with Crippen molar-refractivity contribution < 1.29 is 14.3 Å². The van der Waals surface area contributed by atoms with Crippen LogP contribution in [0.1, 0.15) is 13.8 Å². The molecule has 0 aliphatic heterocycles. The number of hydrogen-bond donors (Lipinski definition) is 2. The van der Waals surface area contributed by atoms with Crippen LogP contribution in [0.25, 0.3) is 0 Å². The molecule has 110 valence electrons. The Morgan fingerprint density at radius 3 is 2.67 bits per heavy atom. The molecule has 2 rings (SSSR count). The summed E-state index contributed by atoms with van der Waals surface area (Å²) in [6.07, 6.45) is 0. The van der Waals surface area contributed by atoms with E-state index in [0.29, 0.717) is 35.2 Å². The summed E-state index contributed by atoms with van der Waals surface area (Å²) >= 11 is 0. The summed E-state index contributed by atoms with van der Waals surface area (Å²) in [6.45, 7) is 3.86. The highest BCUT2D eigenvalue weighted by Gasteiger charge is 2.08.